The monoisotopic (exact) mass is 330 g/mol. The van der Waals surface area contributed by atoms with Crippen molar-refractivity contribution in [3.63, 3.8) is 0 Å². The number of carbonyl (C=O) groups excluding carboxylic acids is 1. The van der Waals surface area contributed by atoms with E-state index in [2.05, 4.69) is 10.6 Å². The molecule has 0 heterocycles. The van der Waals surface area contributed by atoms with Gasteiger partial charge in [-0.05, 0) is 49.3 Å². The maximum absolute atomic E-state index is 12.5. The van der Waals surface area contributed by atoms with Crippen LogP contribution in [0.25, 0.3) is 0 Å². The fourth-order valence-corrected chi connectivity index (χ4v) is 2.72. The first-order chi connectivity index (χ1) is 10.9. The van der Waals surface area contributed by atoms with E-state index in [-0.39, 0.29) is 25.2 Å². The van der Waals surface area contributed by atoms with Crippen LogP contribution in [0.5, 0.6) is 0 Å². The summed E-state index contributed by atoms with van der Waals surface area (Å²) < 4.78 is 37.4. The van der Waals surface area contributed by atoms with Gasteiger partial charge in [-0.3, -0.25) is 0 Å². The van der Waals surface area contributed by atoms with E-state index >= 15 is 0 Å². The number of urea groups is 1. The number of aliphatic hydroxyl groups is 1. The molecule has 7 heteroatoms. The van der Waals surface area contributed by atoms with Crippen molar-refractivity contribution < 1.29 is 23.1 Å². The van der Waals surface area contributed by atoms with Gasteiger partial charge in [0.15, 0.2) is 0 Å². The van der Waals surface area contributed by atoms with Crippen molar-refractivity contribution in [2.45, 2.75) is 44.4 Å². The van der Waals surface area contributed by atoms with Gasteiger partial charge in [0.05, 0.1) is 5.56 Å². The lowest BCUT2D eigenvalue weighted by Crippen LogP contribution is -2.43. The molecule has 2 amide bonds. The third kappa shape index (κ3) is 5.42. The van der Waals surface area contributed by atoms with Crippen molar-refractivity contribution in [1.82, 2.24) is 10.6 Å². The molecule has 1 saturated carbocycles. The normalized spacial score (nSPS) is 21.7. The van der Waals surface area contributed by atoms with E-state index in [1.54, 1.807) is 0 Å². The van der Waals surface area contributed by atoms with Crippen LogP contribution < -0.4 is 10.6 Å². The minimum Gasteiger partial charge on any atom is -0.396 e. The topological polar surface area (TPSA) is 61.4 Å². The molecule has 0 saturated heterocycles. The summed E-state index contributed by atoms with van der Waals surface area (Å²) in [7, 11) is 0. The van der Waals surface area contributed by atoms with Gasteiger partial charge in [-0.1, -0.05) is 12.1 Å². The Hall–Kier alpha value is -1.76. The molecule has 0 aliphatic heterocycles. The number of benzene rings is 1. The number of halogens is 3. The van der Waals surface area contributed by atoms with Gasteiger partial charge in [0.25, 0.3) is 0 Å². The van der Waals surface area contributed by atoms with Crippen LogP contribution in [-0.4, -0.2) is 23.8 Å². The molecule has 0 spiro atoms. The predicted octanol–water partition coefficient (Wildman–Crippen LogP) is 3.06. The highest BCUT2D eigenvalue weighted by molar-refractivity contribution is 5.74. The van der Waals surface area contributed by atoms with Crippen molar-refractivity contribution in [3.8, 4) is 0 Å². The molecule has 1 aliphatic rings. The van der Waals surface area contributed by atoms with E-state index in [1.165, 1.54) is 12.1 Å². The third-order valence-corrected chi connectivity index (χ3v) is 4.17. The molecule has 1 aliphatic carbocycles. The molecule has 0 atom stereocenters. The van der Waals surface area contributed by atoms with Crippen molar-refractivity contribution in [3.05, 3.63) is 35.4 Å². The van der Waals surface area contributed by atoms with Gasteiger partial charge in [-0.25, -0.2) is 4.79 Å². The van der Waals surface area contributed by atoms with E-state index in [9.17, 15) is 18.0 Å². The number of hydrogen-bond acceptors (Lipinski definition) is 2. The van der Waals surface area contributed by atoms with Gasteiger partial charge in [0.1, 0.15) is 0 Å². The van der Waals surface area contributed by atoms with Crippen LogP contribution in [0.4, 0.5) is 18.0 Å². The maximum atomic E-state index is 12.5. The predicted molar refractivity (Wildman–Crippen MR) is 79.6 cm³/mol. The minimum atomic E-state index is -4.35. The fourth-order valence-electron chi connectivity index (χ4n) is 2.72. The lowest BCUT2D eigenvalue weighted by atomic mass is 9.87. The molecule has 128 valence electrons. The first-order valence-electron chi connectivity index (χ1n) is 7.70. The summed E-state index contributed by atoms with van der Waals surface area (Å²) in [6, 6.07) is 4.49. The Balaban J connectivity index is 1.74. The molecule has 0 radical (unpaired) electrons. The average molecular weight is 330 g/mol. The molecule has 0 unspecified atom stereocenters. The molecule has 23 heavy (non-hydrogen) atoms. The standard InChI is InChI=1S/C16H21F3N2O2/c17-16(18,19)13-5-1-11(2-6-13)9-20-15(23)21-14-7-3-12(10-22)4-8-14/h1-2,5-6,12,14,22H,3-4,7-10H2,(H2,20,21,23). The van der Waals surface area contributed by atoms with Gasteiger partial charge < -0.3 is 15.7 Å². The van der Waals surface area contributed by atoms with Crippen molar-refractivity contribution in [1.29, 1.82) is 0 Å². The number of amides is 2. The zero-order chi connectivity index (χ0) is 16.9. The van der Waals surface area contributed by atoms with Crippen LogP contribution in [0.1, 0.15) is 36.8 Å². The Labute approximate surface area is 133 Å². The van der Waals surface area contributed by atoms with Crippen molar-refractivity contribution >= 4 is 6.03 Å². The lowest BCUT2D eigenvalue weighted by Gasteiger charge is -2.27. The Morgan fingerprint density at radius 3 is 2.26 bits per heavy atom. The van der Waals surface area contributed by atoms with E-state index in [4.69, 9.17) is 5.11 Å². The van der Waals surface area contributed by atoms with Crippen LogP contribution in [0.2, 0.25) is 0 Å². The first kappa shape index (κ1) is 17.6. The van der Waals surface area contributed by atoms with Crippen LogP contribution in [0, 0.1) is 5.92 Å². The highest BCUT2D eigenvalue weighted by atomic mass is 19.4. The molecule has 3 N–H and O–H groups in total. The summed E-state index contributed by atoms with van der Waals surface area (Å²) in [6.45, 7) is 0.364. The maximum Gasteiger partial charge on any atom is 0.416 e. The number of hydrogen-bond donors (Lipinski definition) is 3. The van der Waals surface area contributed by atoms with Crippen LogP contribution >= 0.6 is 0 Å². The van der Waals surface area contributed by atoms with E-state index in [0.717, 1.165) is 37.8 Å². The average Bonchev–Trinajstić information content (AvgIpc) is 2.53. The molecule has 2 rings (SSSR count). The SMILES string of the molecule is O=C(NCc1ccc(C(F)(F)F)cc1)NC1CCC(CO)CC1. The van der Waals surface area contributed by atoms with Gasteiger partial charge >= 0.3 is 12.2 Å². The first-order valence-corrected chi connectivity index (χ1v) is 7.70. The molecule has 1 aromatic rings. The summed E-state index contributed by atoms with van der Waals surface area (Å²) in [5.41, 5.74) is -0.0940. The Bertz CT molecular complexity index is 509. The van der Waals surface area contributed by atoms with Gasteiger partial charge in [-0.15, -0.1) is 0 Å². The molecule has 0 bridgehead atoms. The number of alkyl halides is 3. The zero-order valence-electron chi connectivity index (χ0n) is 12.7. The largest absolute Gasteiger partial charge is 0.416 e. The highest BCUT2D eigenvalue weighted by Crippen LogP contribution is 2.29. The van der Waals surface area contributed by atoms with E-state index < -0.39 is 11.7 Å². The van der Waals surface area contributed by atoms with Gasteiger partial charge in [-0.2, -0.15) is 13.2 Å². The summed E-state index contributed by atoms with van der Waals surface area (Å²) in [5.74, 6) is 0.322. The van der Waals surface area contributed by atoms with Crippen molar-refractivity contribution in [2.24, 2.45) is 5.92 Å². The quantitative estimate of drug-likeness (QED) is 0.794. The van der Waals surface area contributed by atoms with Gasteiger partial charge in [0.2, 0.25) is 0 Å². The number of rotatable bonds is 4. The Morgan fingerprint density at radius 1 is 1.13 bits per heavy atom. The van der Waals surface area contributed by atoms with E-state index in [0.29, 0.717) is 11.5 Å². The molecule has 4 nitrogen and oxygen atoms in total. The molecular weight excluding hydrogens is 309 g/mol. The van der Waals surface area contributed by atoms with Crippen LogP contribution in [-0.2, 0) is 12.7 Å². The summed E-state index contributed by atoms with van der Waals surface area (Å²) in [6.07, 6.45) is -0.907. The van der Waals surface area contributed by atoms with Crippen LogP contribution in [0.15, 0.2) is 24.3 Å². The van der Waals surface area contributed by atoms with Crippen LogP contribution in [0.3, 0.4) is 0 Å². The molecule has 0 aromatic heterocycles. The minimum absolute atomic E-state index is 0.0883. The zero-order valence-corrected chi connectivity index (χ0v) is 12.7. The summed E-state index contributed by atoms with van der Waals surface area (Å²) >= 11 is 0. The second-order valence-electron chi connectivity index (χ2n) is 5.92. The number of aliphatic hydroxyl groups excluding tert-OH is 1. The van der Waals surface area contributed by atoms with E-state index in [1.807, 2.05) is 0 Å². The number of nitrogens with one attached hydrogen (secondary N) is 2. The van der Waals surface area contributed by atoms with Gasteiger partial charge in [0, 0.05) is 19.2 Å². The molecule has 1 fully saturated rings. The summed E-state index contributed by atoms with van der Waals surface area (Å²) in [5, 5.41) is 14.6. The summed E-state index contributed by atoms with van der Waals surface area (Å²) in [4.78, 5) is 11.8. The molecule has 1 aromatic carbocycles. The second-order valence-corrected chi connectivity index (χ2v) is 5.92. The Kier molecular flexibility index (Phi) is 5.87. The highest BCUT2D eigenvalue weighted by Gasteiger charge is 2.29. The lowest BCUT2D eigenvalue weighted by molar-refractivity contribution is -0.137. The van der Waals surface area contributed by atoms with Crippen molar-refractivity contribution in [2.75, 3.05) is 6.61 Å². The number of carbonyl (C=O) groups is 1. The molecular formula is C16H21F3N2O2. The second kappa shape index (κ2) is 7.68. The fraction of sp³-hybridized carbons (Fsp3) is 0.562. The Morgan fingerprint density at radius 2 is 1.74 bits per heavy atom. The smallest absolute Gasteiger partial charge is 0.396 e. The third-order valence-electron chi connectivity index (χ3n) is 4.17.